The molecule has 0 saturated carbocycles. The highest BCUT2D eigenvalue weighted by atomic mass is 32.2. The molecule has 0 amide bonds. The number of sulfonamides is 1. The molecule has 0 radical (unpaired) electrons. The smallest absolute Gasteiger partial charge is 0.208 e. The molecule has 1 atom stereocenters. The normalized spacial score (nSPS) is 14.1. The van der Waals surface area contributed by atoms with E-state index in [1.165, 1.54) is 11.1 Å². The minimum atomic E-state index is -3.18. The SMILES string of the molecule is CC=N/C(=C\C)C(OCCOCCNS(C)(=O)=O)c1cccc(C)c1C. The topological polar surface area (TPSA) is 77.0 Å². The lowest BCUT2D eigenvalue weighted by molar-refractivity contribution is 0.0192. The number of benzene rings is 1. The van der Waals surface area contributed by atoms with Crippen LogP contribution in [0.25, 0.3) is 0 Å². The molecule has 26 heavy (non-hydrogen) atoms. The highest BCUT2D eigenvalue weighted by Gasteiger charge is 2.19. The Hall–Kier alpha value is -1.54. The van der Waals surface area contributed by atoms with Crippen molar-refractivity contribution in [3.8, 4) is 0 Å². The van der Waals surface area contributed by atoms with E-state index < -0.39 is 10.0 Å². The first-order chi connectivity index (χ1) is 12.3. The van der Waals surface area contributed by atoms with Gasteiger partial charge in [-0.15, -0.1) is 0 Å². The van der Waals surface area contributed by atoms with Crippen LogP contribution in [0.3, 0.4) is 0 Å². The molecule has 1 N–H and O–H groups in total. The van der Waals surface area contributed by atoms with Crippen LogP contribution in [-0.4, -0.2) is 47.3 Å². The number of hydrogen-bond donors (Lipinski definition) is 1. The summed E-state index contributed by atoms with van der Waals surface area (Å²) in [4.78, 5) is 4.44. The Kier molecular flexibility index (Phi) is 9.72. The third-order valence-electron chi connectivity index (χ3n) is 3.89. The van der Waals surface area contributed by atoms with Crippen LogP contribution in [0, 0.1) is 13.8 Å². The monoisotopic (exact) mass is 382 g/mol. The molecule has 0 heterocycles. The fraction of sp³-hybridized carbons (Fsp3) is 0.526. The zero-order chi connectivity index (χ0) is 19.6. The Morgan fingerprint density at radius 3 is 2.58 bits per heavy atom. The minimum absolute atomic E-state index is 0.249. The summed E-state index contributed by atoms with van der Waals surface area (Å²) >= 11 is 0. The maximum atomic E-state index is 11.0. The number of allylic oxidation sites excluding steroid dienone is 1. The van der Waals surface area contributed by atoms with E-state index in [1.807, 2.05) is 26.0 Å². The van der Waals surface area contributed by atoms with Gasteiger partial charge in [-0.05, 0) is 44.4 Å². The van der Waals surface area contributed by atoms with Gasteiger partial charge < -0.3 is 9.47 Å². The largest absolute Gasteiger partial charge is 0.378 e. The summed E-state index contributed by atoms with van der Waals surface area (Å²) in [5, 5.41) is 0. The van der Waals surface area contributed by atoms with Crippen LogP contribution in [0.15, 0.2) is 35.0 Å². The molecule has 1 unspecified atom stereocenters. The van der Waals surface area contributed by atoms with E-state index in [-0.39, 0.29) is 12.6 Å². The minimum Gasteiger partial charge on any atom is -0.378 e. The van der Waals surface area contributed by atoms with Crippen LogP contribution >= 0.6 is 0 Å². The summed E-state index contributed by atoms with van der Waals surface area (Å²) in [5.74, 6) is 0. The Labute approximate surface area is 157 Å². The number of rotatable bonds is 11. The molecule has 0 spiro atoms. The lowest BCUT2D eigenvalue weighted by Gasteiger charge is -2.22. The third kappa shape index (κ3) is 7.78. The first-order valence-corrected chi connectivity index (χ1v) is 10.5. The number of nitrogens with zero attached hydrogens (tertiary/aromatic N) is 1. The summed E-state index contributed by atoms with van der Waals surface area (Å²) in [6, 6.07) is 6.15. The summed E-state index contributed by atoms with van der Waals surface area (Å²) < 4.78 is 35.9. The number of aliphatic imine (C=N–C) groups is 1. The molecule has 0 fully saturated rings. The van der Waals surface area contributed by atoms with E-state index in [0.717, 1.165) is 17.5 Å². The van der Waals surface area contributed by atoms with Gasteiger partial charge in [0, 0.05) is 12.8 Å². The van der Waals surface area contributed by atoms with Crippen LogP contribution in [0.1, 0.15) is 36.6 Å². The van der Waals surface area contributed by atoms with Crippen molar-refractivity contribution >= 4 is 16.2 Å². The van der Waals surface area contributed by atoms with Crippen molar-refractivity contribution in [3.63, 3.8) is 0 Å². The maximum absolute atomic E-state index is 11.0. The van der Waals surface area contributed by atoms with Crippen molar-refractivity contribution in [1.82, 2.24) is 4.72 Å². The Balaban J connectivity index is 2.69. The van der Waals surface area contributed by atoms with Gasteiger partial charge in [0.2, 0.25) is 10.0 Å². The van der Waals surface area contributed by atoms with E-state index in [0.29, 0.717) is 19.8 Å². The van der Waals surface area contributed by atoms with Crippen molar-refractivity contribution in [3.05, 3.63) is 46.7 Å². The highest BCUT2D eigenvalue weighted by Crippen LogP contribution is 2.30. The van der Waals surface area contributed by atoms with Crippen LogP contribution in [-0.2, 0) is 19.5 Å². The predicted molar refractivity (Wildman–Crippen MR) is 106 cm³/mol. The fourth-order valence-corrected chi connectivity index (χ4v) is 2.92. The molecule has 0 aliphatic heterocycles. The van der Waals surface area contributed by atoms with Gasteiger partial charge in [0.1, 0.15) is 6.10 Å². The molecular weight excluding hydrogens is 352 g/mol. The van der Waals surface area contributed by atoms with Gasteiger partial charge in [0.05, 0.1) is 31.8 Å². The quantitative estimate of drug-likeness (QED) is 0.471. The summed E-state index contributed by atoms with van der Waals surface area (Å²) in [6.07, 6.45) is 4.56. The number of ether oxygens (including phenoxy) is 2. The molecule has 0 aliphatic carbocycles. The van der Waals surface area contributed by atoms with Gasteiger partial charge in [-0.3, -0.25) is 4.99 Å². The molecule has 7 heteroatoms. The van der Waals surface area contributed by atoms with E-state index in [9.17, 15) is 8.42 Å². The summed E-state index contributed by atoms with van der Waals surface area (Å²) in [5.41, 5.74) is 4.32. The number of aryl methyl sites for hydroxylation is 1. The van der Waals surface area contributed by atoms with E-state index in [1.54, 1.807) is 6.21 Å². The van der Waals surface area contributed by atoms with E-state index in [4.69, 9.17) is 9.47 Å². The highest BCUT2D eigenvalue weighted by molar-refractivity contribution is 7.88. The Bertz CT molecular complexity index is 727. The van der Waals surface area contributed by atoms with Gasteiger partial charge in [-0.2, -0.15) is 0 Å². The Morgan fingerprint density at radius 1 is 1.23 bits per heavy atom. The molecule has 0 aromatic heterocycles. The lowest BCUT2D eigenvalue weighted by Crippen LogP contribution is -2.26. The summed E-state index contributed by atoms with van der Waals surface area (Å²) in [6.45, 7) is 9.28. The van der Waals surface area contributed by atoms with Crippen LogP contribution < -0.4 is 4.72 Å². The van der Waals surface area contributed by atoms with Crippen molar-refractivity contribution in [1.29, 1.82) is 0 Å². The Morgan fingerprint density at radius 2 is 1.96 bits per heavy atom. The van der Waals surface area contributed by atoms with Crippen LogP contribution in [0.2, 0.25) is 0 Å². The van der Waals surface area contributed by atoms with Gasteiger partial charge in [-0.25, -0.2) is 13.1 Å². The molecule has 146 valence electrons. The molecular formula is C19H30N2O4S. The molecule has 0 aliphatic rings. The third-order valence-corrected chi connectivity index (χ3v) is 4.62. The second kappa shape index (κ2) is 11.2. The lowest BCUT2D eigenvalue weighted by atomic mass is 9.97. The predicted octanol–water partition coefficient (Wildman–Crippen LogP) is 2.92. The molecule has 1 aromatic rings. The zero-order valence-corrected chi connectivity index (χ0v) is 17.1. The average Bonchev–Trinajstić information content (AvgIpc) is 2.58. The first-order valence-electron chi connectivity index (χ1n) is 8.65. The number of hydrogen-bond acceptors (Lipinski definition) is 5. The van der Waals surface area contributed by atoms with Gasteiger partial charge in [0.25, 0.3) is 0 Å². The van der Waals surface area contributed by atoms with Gasteiger partial charge in [0.15, 0.2) is 0 Å². The van der Waals surface area contributed by atoms with E-state index >= 15 is 0 Å². The van der Waals surface area contributed by atoms with Crippen LogP contribution in [0.4, 0.5) is 0 Å². The first kappa shape index (κ1) is 22.5. The second-order valence-corrected chi connectivity index (χ2v) is 7.75. The van der Waals surface area contributed by atoms with Crippen molar-refractivity contribution in [2.45, 2.75) is 33.8 Å². The summed E-state index contributed by atoms with van der Waals surface area (Å²) in [7, 11) is -3.18. The number of nitrogens with one attached hydrogen (secondary N) is 1. The maximum Gasteiger partial charge on any atom is 0.208 e. The molecule has 0 bridgehead atoms. The van der Waals surface area contributed by atoms with Crippen molar-refractivity contribution in [2.75, 3.05) is 32.6 Å². The van der Waals surface area contributed by atoms with E-state index in [2.05, 4.69) is 35.7 Å². The molecule has 1 rings (SSSR count). The van der Waals surface area contributed by atoms with Gasteiger partial charge >= 0.3 is 0 Å². The van der Waals surface area contributed by atoms with Gasteiger partial charge in [-0.1, -0.05) is 24.3 Å². The molecule has 6 nitrogen and oxygen atoms in total. The zero-order valence-electron chi connectivity index (χ0n) is 16.3. The standard InChI is InChI=1S/C19H30N2O4S/c1-6-18(20-7-2)19(17-10-8-9-15(3)16(17)4)25-14-13-24-12-11-21-26(5,22)23/h6-10,19,21H,11-14H2,1-5H3/b18-6-,20-7?. The fourth-order valence-electron chi connectivity index (χ4n) is 2.46. The van der Waals surface area contributed by atoms with Crippen molar-refractivity contribution in [2.24, 2.45) is 4.99 Å². The van der Waals surface area contributed by atoms with Crippen LogP contribution in [0.5, 0.6) is 0 Å². The average molecular weight is 383 g/mol. The molecule has 0 saturated heterocycles. The molecule has 1 aromatic carbocycles. The second-order valence-electron chi connectivity index (χ2n) is 5.92. The van der Waals surface area contributed by atoms with Crippen molar-refractivity contribution < 1.29 is 17.9 Å².